The van der Waals surface area contributed by atoms with Gasteiger partial charge in [0.2, 0.25) is 0 Å². The van der Waals surface area contributed by atoms with E-state index < -0.39 is 6.29 Å². The number of benzene rings is 2. The highest BCUT2D eigenvalue weighted by molar-refractivity contribution is 7.99. The van der Waals surface area contributed by atoms with Gasteiger partial charge in [-0.1, -0.05) is 35.0 Å². The van der Waals surface area contributed by atoms with Gasteiger partial charge in [0.15, 0.2) is 23.1 Å². The number of carbonyl (C=O) groups is 1. The Kier molecular flexibility index (Phi) is 7.69. The molecular weight excluding hydrogens is 433 g/mol. The summed E-state index contributed by atoms with van der Waals surface area (Å²) in [5.74, 6) is 0.830. The van der Waals surface area contributed by atoms with E-state index in [4.69, 9.17) is 32.7 Å². The number of thioether (sulfide) groups is 1. The summed E-state index contributed by atoms with van der Waals surface area (Å²) in [5.41, 5.74) is 1.45. The van der Waals surface area contributed by atoms with Crippen molar-refractivity contribution in [2.75, 3.05) is 20.0 Å². The second-order valence-corrected chi connectivity index (χ2v) is 7.86. The zero-order chi connectivity index (χ0) is 20.8. The number of halogens is 2. The van der Waals surface area contributed by atoms with Crippen LogP contribution in [0.3, 0.4) is 0 Å². The second kappa shape index (κ2) is 10.2. The topological polar surface area (TPSA) is 66.2 Å². The van der Waals surface area contributed by atoms with Gasteiger partial charge in [0.1, 0.15) is 0 Å². The second-order valence-electron chi connectivity index (χ2n) is 6.04. The summed E-state index contributed by atoms with van der Waals surface area (Å²) in [7, 11) is 3.13. The van der Waals surface area contributed by atoms with Crippen molar-refractivity contribution < 1.29 is 14.3 Å². The fraction of sp³-hybridized carbons (Fsp3) is 0.250. The highest BCUT2D eigenvalue weighted by Crippen LogP contribution is 2.26. The summed E-state index contributed by atoms with van der Waals surface area (Å²) < 4.78 is 12.5. The highest BCUT2D eigenvalue weighted by atomic mass is 35.5. The van der Waals surface area contributed by atoms with Crippen LogP contribution in [0, 0.1) is 0 Å². The van der Waals surface area contributed by atoms with Crippen molar-refractivity contribution in [2.45, 2.75) is 18.0 Å². The molecule has 0 aliphatic rings. The van der Waals surface area contributed by atoms with Crippen molar-refractivity contribution in [1.29, 1.82) is 0 Å². The number of nitrogens with zero attached hydrogens (tertiary/aromatic N) is 3. The number of rotatable bonds is 9. The lowest BCUT2D eigenvalue weighted by molar-refractivity contribution is -0.111. The van der Waals surface area contributed by atoms with Gasteiger partial charge in [-0.2, -0.15) is 0 Å². The number of ether oxygens (including phenoxy) is 2. The van der Waals surface area contributed by atoms with Gasteiger partial charge in [-0.05, 0) is 48.5 Å². The van der Waals surface area contributed by atoms with Crippen LogP contribution in [0.15, 0.2) is 53.7 Å². The molecule has 1 aromatic heterocycles. The molecule has 152 valence electrons. The molecule has 0 saturated carbocycles. The fourth-order valence-corrected chi connectivity index (χ4v) is 3.71. The lowest BCUT2D eigenvalue weighted by Gasteiger charge is -2.17. The average Bonchev–Trinajstić information content (AvgIpc) is 3.13. The molecule has 0 bridgehead atoms. The summed E-state index contributed by atoms with van der Waals surface area (Å²) in [4.78, 5) is 12.5. The molecule has 0 radical (unpaired) electrons. The number of hydrogen-bond donors (Lipinski definition) is 0. The Hall–Kier alpha value is -1.90. The first-order chi connectivity index (χ1) is 14.0. The quantitative estimate of drug-likeness (QED) is 0.263. The Morgan fingerprint density at radius 1 is 1.00 bits per heavy atom. The Labute approximate surface area is 183 Å². The molecule has 6 nitrogen and oxygen atoms in total. The van der Waals surface area contributed by atoms with Gasteiger partial charge in [-0.15, -0.1) is 10.2 Å². The minimum atomic E-state index is -0.483. The lowest BCUT2D eigenvalue weighted by atomic mass is 10.1. The van der Waals surface area contributed by atoms with Crippen molar-refractivity contribution in [3.05, 3.63) is 64.1 Å². The molecule has 0 aliphatic heterocycles. The summed E-state index contributed by atoms with van der Waals surface area (Å²) in [6, 6.07) is 14.1. The normalized spacial score (nSPS) is 11.2. The molecule has 1 heterocycles. The summed E-state index contributed by atoms with van der Waals surface area (Å²) >= 11 is 13.2. The molecule has 0 atom stereocenters. The van der Waals surface area contributed by atoms with E-state index >= 15 is 0 Å². The first-order valence-electron chi connectivity index (χ1n) is 8.68. The number of ketones is 1. The third-order valence-electron chi connectivity index (χ3n) is 4.18. The van der Waals surface area contributed by atoms with Crippen molar-refractivity contribution in [3.63, 3.8) is 0 Å². The Morgan fingerprint density at radius 3 is 2.17 bits per heavy atom. The summed E-state index contributed by atoms with van der Waals surface area (Å²) in [6.45, 7) is 0.370. The first-order valence-corrected chi connectivity index (χ1v) is 10.4. The maximum Gasteiger partial charge on any atom is 0.192 e. The molecule has 0 aliphatic carbocycles. The van der Waals surface area contributed by atoms with E-state index in [1.165, 1.54) is 11.8 Å². The number of methoxy groups -OCH3 is 2. The van der Waals surface area contributed by atoms with Crippen LogP contribution < -0.4 is 0 Å². The maximum absolute atomic E-state index is 12.5. The Morgan fingerprint density at radius 2 is 1.59 bits per heavy atom. The van der Waals surface area contributed by atoms with Gasteiger partial charge in [-0.25, -0.2) is 0 Å². The average molecular weight is 452 g/mol. The van der Waals surface area contributed by atoms with E-state index in [1.54, 1.807) is 50.6 Å². The van der Waals surface area contributed by atoms with Crippen LogP contribution in [0.2, 0.25) is 10.0 Å². The fourth-order valence-electron chi connectivity index (χ4n) is 2.62. The van der Waals surface area contributed by atoms with E-state index in [1.807, 2.05) is 16.7 Å². The largest absolute Gasteiger partial charge is 0.354 e. The monoisotopic (exact) mass is 451 g/mol. The highest BCUT2D eigenvalue weighted by Gasteiger charge is 2.19. The molecule has 0 unspecified atom stereocenters. The predicted octanol–water partition coefficient (Wildman–Crippen LogP) is 4.85. The molecule has 0 amide bonds. The molecule has 3 aromatic rings. The van der Waals surface area contributed by atoms with Crippen LogP contribution in [0.25, 0.3) is 11.4 Å². The molecule has 0 fully saturated rings. The zero-order valence-corrected chi connectivity index (χ0v) is 18.2. The number of carbonyl (C=O) groups excluding carboxylic acids is 1. The number of hydrogen-bond acceptors (Lipinski definition) is 6. The van der Waals surface area contributed by atoms with Gasteiger partial charge < -0.3 is 9.47 Å². The van der Waals surface area contributed by atoms with Gasteiger partial charge in [0, 0.05) is 35.4 Å². The van der Waals surface area contributed by atoms with Crippen LogP contribution in [-0.4, -0.2) is 46.8 Å². The van der Waals surface area contributed by atoms with E-state index in [-0.39, 0.29) is 11.5 Å². The van der Waals surface area contributed by atoms with Crippen molar-refractivity contribution in [2.24, 2.45) is 0 Å². The predicted molar refractivity (Wildman–Crippen MR) is 115 cm³/mol. The van der Waals surface area contributed by atoms with E-state index in [9.17, 15) is 4.79 Å². The van der Waals surface area contributed by atoms with E-state index in [0.29, 0.717) is 33.1 Å². The number of aromatic nitrogens is 3. The minimum Gasteiger partial charge on any atom is -0.354 e. The zero-order valence-electron chi connectivity index (χ0n) is 15.8. The lowest BCUT2D eigenvalue weighted by Crippen LogP contribution is -2.21. The molecule has 0 spiro atoms. The standard InChI is InChI=1S/C20H19Cl2N3O3S/c1-27-18(28-2)11-25-19(14-5-9-16(22)10-6-14)23-24-20(25)29-12-17(26)13-3-7-15(21)8-4-13/h3-10,18H,11-12H2,1-2H3. The summed E-state index contributed by atoms with van der Waals surface area (Å²) in [5, 5.41) is 10.4. The molecule has 29 heavy (non-hydrogen) atoms. The molecule has 9 heteroatoms. The van der Waals surface area contributed by atoms with Crippen LogP contribution in [0.5, 0.6) is 0 Å². The molecule has 0 saturated heterocycles. The molecular formula is C20H19Cl2N3O3S. The Balaban J connectivity index is 1.84. The third-order valence-corrected chi connectivity index (χ3v) is 5.65. The van der Waals surface area contributed by atoms with Crippen LogP contribution in [0.1, 0.15) is 10.4 Å². The van der Waals surface area contributed by atoms with Gasteiger partial charge in [0.05, 0.1) is 12.3 Å². The molecule has 0 N–H and O–H groups in total. The number of Topliss-reactive ketones (excluding diaryl/α,β-unsaturated/α-hetero) is 1. The van der Waals surface area contributed by atoms with Crippen LogP contribution in [-0.2, 0) is 16.0 Å². The van der Waals surface area contributed by atoms with Gasteiger partial charge in [-0.3, -0.25) is 9.36 Å². The van der Waals surface area contributed by atoms with Crippen LogP contribution in [0.4, 0.5) is 0 Å². The maximum atomic E-state index is 12.5. The van der Waals surface area contributed by atoms with Gasteiger partial charge >= 0.3 is 0 Å². The van der Waals surface area contributed by atoms with Gasteiger partial charge in [0.25, 0.3) is 0 Å². The molecule has 2 aromatic carbocycles. The first kappa shape index (κ1) is 21.8. The third kappa shape index (κ3) is 5.58. The minimum absolute atomic E-state index is 0.0238. The summed E-state index contributed by atoms with van der Waals surface area (Å²) in [6.07, 6.45) is -0.483. The SMILES string of the molecule is COC(Cn1c(SCC(=O)c2ccc(Cl)cc2)nnc1-c1ccc(Cl)cc1)OC. The smallest absolute Gasteiger partial charge is 0.192 e. The van der Waals surface area contributed by atoms with E-state index in [2.05, 4.69) is 10.2 Å². The Bertz CT molecular complexity index is 958. The van der Waals surface area contributed by atoms with Crippen molar-refractivity contribution >= 4 is 40.7 Å². The van der Waals surface area contributed by atoms with Crippen molar-refractivity contribution in [3.8, 4) is 11.4 Å². The van der Waals surface area contributed by atoms with Crippen LogP contribution >= 0.6 is 35.0 Å². The van der Waals surface area contributed by atoms with E-state index in [0.717, 1.165) is 5.56 Å². The van der Waals surface area contributed by atoms with Crippen molar-refractivity contribution in [1.82, 2.24) is 14.8 Å². The molecule has 3 rings (SSSR count).